The molecule has 1 aliphatic carbocycles. The minimum Gasteiger partial charge on any atom is -0.474 e. The highest BCUT2D eigenvalue weighted by molar-refractivity contribution is 5.94. The van der Waals surface area contributed by atoms with Crippen molar-refractivity contribution in [3.63, 3.8) is 0 Å². The first-order chi connectivity index (χ1) is 13.8. The number of hydrogen-bond donors (Lipinski definition) is 1. The van der Waals surface area contributed by atoms with E-state index in [2.05, 4.69) is 15.0 Å². The summed E-state index contributed by atoms with van der Waals surface area (Å²) in [4.78, 5) is 16.4. The molecule has 6 nitrogen and oxygen atoms in total. The summed E-state index contributed by atoms with van der Waals surface area (Å²) in [6.45, 7) is 0. The summed E-state index contributed by atoms with van der Waals surface area (Å²) in [5.74, 6) is -0.262. The monoisotopic (exact) mass is 405 g/mol. The van der Waals surface area contributed by atoms with Gasteiger partial charge in [-0.25, -0.2) is 4.98 Å². The number of rotatable bonds is 5. The molecule has 0 unspecified atom stereocenters. The number of halogens is 3. The molecule has 0 radical (unpaired) electrons. The molecule has 1 fully saturated rings. The van der Waals surface area contributed by atoms with Crippen molar-refractivity contribution in [3.05, 3.63) is 53.7 Å². The molecule has 1 aliphatic rings. The van der Waals surface area contributed by atoms with Crippen LogP contribution in [0.3, 0.4) is 0 Å². The molecule has 1 amide bonds. The molecule has 9 heteroatoms. The Kier molecular flexibility index (Phi) is 6.22. The minimum atomic E-state index is -4.77. The predicted molar refractivity (Wildman–Crippen MR) is 96.2 cm³/mol. The fraction of sp³-hybridized carbons (Fsp3) is 0.350. The largest absolute Gasteiger partial charge is 0.573 e. The average Bonchev–Trinajstić information content (AvgIpc) is 2.69. The lowest BCUT2D eigenvalue weighted by atomic mass is 9.92. The van der Waals surface area contributed by atoms with Crippen molar-refractivity contribution in [1.29, 1.82) is 5.26 Å². The van der Waals surface area contributed by atoms with Gasteiger partial charge in [-0.05, 0) is 56.0 Å². The number of carbonyl (C=O) groups is 1. The maximum absolute atomic E-state index is 12.3. The number of nitrogens with zero attached hydrogens (tertiary/aromatic N) is 2. The zero-order valence-electron chi connectivity index (χ0n) is 15.3. The zero-order valence-corrected chi connectivity index (χ0v) is 15.3. The third-order valence-electron chi connectivity index (χ3n) is 4.51. The molecule has 1 N–H and O–H groups in total. The van der Waals surface area contributed by atoms with E-state index in [-0.39, 0.29) is 29.4 Å². The predicted octanol–water partition coefficient (Wildman–Crippen LogP) is 3.97. The average molecular weight is 405 g/mol. The van der Waals surface area contributed by atoms with Gasteiger partial charge >= 0.3 is 6.36 Å². The molecular formula is C20H18F3N3O3. The Labute approximate surface area is 165 Å². The summed E-state index contributed by atoms with van der Waals surface area (Å²) in [6, 6.07) is 10.0. The molecule has 1 saturated carbocycles. The minimum absolute atomic E-state index is 0.0256. The molecule has 0 bridgehead atoms. The third kappa shape index (κ3) is 6.10. The number of amides is 1. The lowest BCUT2D eigenvalue weighted by Crippen LogP contribution is -2.39. The maximum atomic E-state index is 12.3. The molecular weight excluding hydrogens is 387 g/mol. The van der Waals surface area contributed by atoms with Crippen LogP contribution in [-0.2, 0) is 0 Å². The van der Waals surface area contributed by atoms with Gasteiger partial charge in [-0.1, -0.05) is 0 Å². The number of alkyl halides is 3. The summed E-state index contributed by atoms with van der Waals surface area (Å²) in [6.07, 6.45) is -0.466. The molecule has 0 atom stereocenters. The fourth-order valence-electron chi connectivity index (χ4n) is 3.09. The topological polar surface area (TPSA) is 84.2 Å². The van der Waals surface area contributed by atoms with Crippen LogP contribution in [0.4, 0.5) is 13.2 Å². The van der Waals surface area contributed by atoms with Crippen LogP contribution in [0.2, 0.25) is 0 Å². The Morgan fingerprint density at radius 1 is 1.10 bits per heavy atom. The van der Waals surface area contributed by atoms with E-state index in [0.29, 0.717) is 24.3 Å². The van der Waals surface area contributed by atoms with Crippen LogP contribution in [0.5, 0.6) is 11.6 Å². The smallest absolute Gasteiger partial charge is 0.474 e. The van der Waals surface area contributed by atoms with Gasteiger partial charge in [0.25, 0.3) is 5.91 Å². The Hall–Kier alpha value is -3.28. The van der Waals surface area contributed by atoms with Crippen molar-refractivity contribution in [2.75, 3.05) is 0 Å². The Balaban J connectivity index is 1.46. The molecule has 1 aromatic heterocycles. The molecule has 152 valence electrons. The van der Waals surface area contributed by atoms with Crippen LogP contribution in [-0.4, -0.2) is 29.4 Å². The van der Waals surface area contributed by atoms with E-state index in [4.69, 9.17) is 10.00 Å². The highest BCUT2D eigenvalue weighted by atomic mass is 19.4. The standard InChI is InChI=1S/C20H18F3N3O3/c21-20(22,23)29-17-6-2-14(3-7-17)19(27)26-15-4-8-16(9-5-15)28-18-10-1-13(11-24)12-25-18/h1-3,6-7,10,12,15-16H,4-5,8-9H2,(H,26,27). The number of pyridine rings is 1. The van der Waals surface area contributed by atoms with Crippen molar-refractivity contribution in [2.24, 2.45) is 0 Å². The van der Waals surface area contributed by atoms with E-state index < -0.39 is 6.36 Å². The number of nitriles is 1. The van der Waals surface area contributed by atoms with Crippen LogP contribution < -0.4 is 14.8 Å². The normalized spacial score (nSPS) is 19.1. The summed E-state index contributed by atoms with van der Waals surface area (Å²) in [5.41, 5.74) is 0.724. The maximum Gasteiger partial charge on any atom is 0.573 e. The third-order valence-corrected chi connectivity index (χ3v) is 4.51. The van der Waals surface area contributed by atoms with Gasteiger partial charge in [-0.3, -0.25) is 4.79 Å². The Morgan fingerprint density at radius 2 is 1.79 bits per heavy atom. The molecule has 0 aliphatic heterocycles. The van der Waals surface area contributed by atoms with E-state index >= 15 is 0 Å². The number of ether oxygens (including phenoxy) is 2. The van der Waals surface area contributed by atoms with Crippen LogP contribution in [0, 0.1) is 11.3 Å². The summed E-state index contributed by atoms with van der Waals surface area (Å²) in [5, 5.41) is 11.7. The van der Waals surface area contributed by atoms with Gasteiger partial charge in [-0.15, -0.1) is 13.2 Å². The van der Waals surface area contributed by atoms with E-state index in [1.54, 1.807) is 12.1 Å². The molecule has 29 heavy (non-hydrogen) atoms. The first kappa shape index (κ1) is 20.5. The molecule has 1 heterocycles. The van der Waals surface area contributed by atoms with Crippen LogP contribution in [0.1, 0.15) is 41.6 Å². The van der Waals surface area contributed by atoms with E-state index in [1.807, 2.05) is 6.07 Å². The number of hydrogen-bond acceptors (Lipinski definition) is 5. The van der Waals surface area contributed by atoms with E-state index in [0.717, 1.165) is 25.0 Å². The highest BCUT2D eigenvalue weighted by Crippen LogP contribution is 2.25. The van der Waals surface area contributed by atoms with E-state index in [1.165, 1.54) is 18.3 Å². The summed E-state index contributed by atoms with van der Waals surface area (Å²) >= 11 is 0. The van der Waals surface area contributed by atoms with Gasteiger partial charge in [0.1, 0.15) is 17.9 Å². The molecule has 2 aromatic rings. The number of nitrogens with one attached hydrogen (secondary N) is 1. The van der Waals surface area contributed by atoms with Crippen molar-refractivity contribution >= 4 is 5.91 Å². The molecule has 3 rings (SSSR count). The lowest BCUT2D eigenvalue weighted by Gasteiger charge is -2.29. The van der Waals surface area contributed by atoms with Crippen molar-refractivity contribution in [1.82, 2.24) is 10.3 Å². The summed E-state index contributed by atoms with van der Waals surface area (Å²) in [7, 11) is 0. The van der Waals surface area contributed by atoms with Gasteiger partial charge in [-0.2, -0.15) is 5.26 Å². The van der Waals surface area contributed by atoms with E-state index in [9.17, 15) is 18.0 Å². The number of carbonyl (C=O) groups excluding carboxylic acids is 1. The second kappa shape index (κ2) is 8.82. The molecule has 0 spiro atoms. The second-order valence-corrected chi connectivity index (χ2v) is 6.63. The Bertz CT molecular complexity index is 869. The van der Waals surface area contributed by atoms with Crippen molar-refractivity contribution in [2.45, 2.75) is 44.2 Å². The second-order valence-electron chi connectivity index (χ2n) is 6.63. The van der Waals surface area contributed by atoms with Crippen LogP contribution in [0.25, 0.3) is 0 Å². The van der Waals surface area contributed by atoms with Gasteiger partial charge in [0.15, 0.2) is 0 Å². The van der Waals surface area contributed by atoms with Crippen LogP contribution in [0.15, 0.2) is 42.6 Å². The van der Waals surface area contributed by atoms with Gasteiger partial charge in [0.2, 0.25) is 5.88 Å². The first-order valence-electron chi connectivity index (χ1n) is 9.02. The van der Waals surface area contributed by atoms with Crippen molar-refractivity contribution < 1.29 is 27.4 Å². The SMILES string of the molecule is N#Cc1ccc(OC2CCC(NC(=O)c3ccc(OC(F)(F)F)cc3)CC2)nc1. The van der Waals surface area contributed by atoms with Gasteiger partial charge in [0.05, 0.1) is 5.56 Å². The lowest BCUT2D eigenvalue weighted by molar-refractivity contribution is -0.274. The van der Waals surface area contributed by atoms with Gasteiger partial charge in [0, 0.05) is 23.9 Å². The van der Waals surface area contributed by atoms with Crippen LogP contribution >= 0.6 is 0 Å². The highest BCUT2D eigenvalue weighted by Gasteiger charge is 2.31. The molecule has 1 aromatic carbocycles. The number of aromatic nitrogens is 1. The zero-order chi connectivity index (χ0) is 20.9. The first-order valence-corrected chi connectivity index (χ1v) is 9.02. The number of benzene rings is 1. The van der Waals surface area contributed by atoms with Gasteiger partial charge < -0.3 is 14.8 Å². The Morgan fingerprint density at radius 3 is 2.34 bits per heavy atom. The summed E-state index contributed by atoms with van der Waals surface area (Å²) < 4.78 is 46.2. The molecule has 0 saturated heterocycles. The fourth-order valence-corrected chi connectivity index (χ4v) is 3.09. The van der Waals surface area contributed by atoms with Crippen molar-refractivity contribution in [3.8, 4) is 17.7 Å². The quantitative estimate of drug-likeness (QED) is 0.814.